The molecule has 0 aliphatic rings. The third kappa shape index (κ3) is 2.44. The lowest BCUT2D eigenvalue weighted by Gasteiger charge is -2.12. The molecule has 0 saturated heterocycles. The second-order valence-electron chi connectivity index (χ2n) is 3.33. The first-order valence-corrected chi connectivity index (χ1v) is 4.36. The van der Waals surface area contributed by atoms with E-state index in [4.69, 9.17) is 5.11 Å². The molecule has 1 rings (SSSR count). The van der Waals surface area contributed by atoms with Gasteiger partial charge in [-0.15, -0.1) is 0 Å². The summed E-state index contributed by atoms with van der Waals surface area (Å²) in [6.45, 7) is 1.28. The lowest BCUT2D eigenvalue weighted by atomic mass is 9.98. The molecular weight excluding hydrogens is 225 g/mol. The fourth-order valence-corrected chi connectivity index (χ4v) is 1.22. The van der Waals surface area contributed by atoms with Crippen LogP contribution < -0.4 is 0 Å². The molecule has 0 saturated carbocycles. The summed E-state index contributed by atoms with van der Waals surface area (Å²) < 4.78 is 36.7. The van der Waals surface area contributed by atoms with Gasteiger partial charge in [-0.3, -0.25) is 4.79 Å². The van der Waals surface area contributed by atoms with Crippen molar-refractivity contribution in [3.05, 3.63) is 29.3 Å². The lowest BCUT2D eigenvalue weighted by Crippen LogP contribution is -2.09. The summed E-state index contributed by atoms with van der Waals surface area (Å²) in [5.41, 5.74) is -1.05. The maximum absolute atomic E-state index is 12.2. The number of hydrogen-bond acceptors (Lipinski definition) is 2. The number of benzene rings is 1. The molecule has 1 aromatic rings. The molecule has 0 spiro atoms. The molecule has 1 atom stereocenters. The maximum Gasteiger partial charge on any atom is 0.416 e. The van der Waals surface area contributed by atoms with Crippen molar-refractivity contribution in [2.75, 3.05) is 0 Å². The van der Waals surface area contributed by atoms with Crippen molar-refractivity contribution in [2.24, 2.45) is 0 Å². The molecule has 0 aliphatic carbocycles. The zero-order chi connectivity index (χ0) is 12.5. The fraction of sp³-hybridized carbons (Fsp3) is 0.300. The summed E-state index contributed by atoms with van der Waals surface area (Å²) >= 11 is 0. The van der Waals surface area contributed by atoms with E-state index in [9.17, 15) is 23.1 Å². The number of alkyl halides is 3. The Morgan fingerprint density at radius 1 is 1.38 bits per heavy atom. The van der Waals surface area contributed by atoms with Crippen molar-refractivity contribution in [1.29, 1.82) is 0 Å². The Morgan fingerprint density at radius 2 is 1.94 bits per heavy atom. The number of rotatable bonds is 2. The zero-order valence-electron chi connectivity index (χ0n) is 8.25. The summed E-state index contributed by atoms with van der Waals surface area (Å²) in [7, 11) is 0. The molecule has 0 bridgehead atoms. The van der Waals surface area contributed by atoms with Gasteiger partial charge in [-0.2, -0.15) is 13.2 Å². The second-order valence-corrected chi connectivity index (χ2v) is 3.33. The molecular formula is C10H9F3O3. The first-order valence-electron chi connectivity index (χ1n) is 4.36. The van der Waals surface area contributed by atoms with Crippen LogP contribution in [0.3, 0.4) is 0 Å². The van der Waals surface area contributed by atoms with Gasteiger partial charge in [0.25, 0.3) is 0 Å². The van der Waals surface area contributed by atoms with E-state index in [1.807, 2.05) is 0 Å². The fourth-order valence-electron chi connectivity index (χ4n) is 1.22. The highest BCUT2D eigenvalue weighted by atomic mass is 19.4. The molecule has 0 radical (unpaired) electrons. The molecule has 0 aromatic heterocycles. The number of phenols is 1. The minimum Gasteiger partial charge on any atom is -0.508 e. The number of aliphatic carboxylic acids is 1. The maximum atomic E-state index is 12.2. The standard InChI is InChI=1S/C10H9F3O3/c1-5(9(15)16)7-3-2-6(4-8(7)14)10(11,12)13/h2-5,14H,1H3,(H,15,16). The summed E-state index contributed by atoms with van der Waals surface area (Å²) in [4.78, 5) is 10.6. The van der Waals surface area contributed by atoms with Gasteiger partial charge in [0.2, 0.25) is 0 Å². The number of carboxylic acid groups (broad SMARTS) is 1. The van der Waals surface area contributed by atoms with Crippen LogP contribution in [0.15, 0.2) is 18.2 Å². The van der Waals surface area contributed by atoms with E-state index in [-0.39, 0.29) is 5.56 Å². The van der Waals surface area contributed by atoms with Crippen LogP contribution in [-0.4, -0.2) is 16.2 Å². The van der Waals surface area contributed by atoms with Gasteiger partial charge in [0.1, 0.15) is 5.75 Å². The highest BCUT2D eigenvalue weighted by Crippen LogP contribution is 2.34. The Kier molecular flexibility index (Phi) is 3.11. The van der Waals surface area contributed by atoms with Crippen LogP contribution >= 0.6 is 0 Å². The van der Waals surface area contributed by atoms with E-state index in [1.165, 1.54) is 6.92 Å². The summed E-state index contributed by atoms with van der Waals surface area (Å²) in [6.07, 6.45) is -4.55. The zero-order valence-corrected chi connectivity index (χ0v) is 8.25. The predicted molar refractivity (Wildman–Crippen MR) is 49.2 cm³/mol. The van der Waals surface area contributed by atoms with Crippen LogP contribution in [0.2, 0.25) is 0 Å². The molecule has 16 heavy (non-hydrogen) atoms. The normalized spacial score (nSPS) is 13.5. The average Bonchev–Trinajstić information content (AvgIpc) is 2.15. The minimum absolute atomic E-state index is 0.0412. The quantitative estimate of drug-likeness (QED) is 0.826. The summed E-state index contributed by atoms with van der Waals surface area (Å²) in [5.74, 6) is -2.93. The Balaban J connectivity index is 3.15. The Bertz CT molecular complexity index is 412. The van der Waals surface area contributed by atoms with Gasteiger partial charge in [-0.05, 0) is 19.1 Å². The van der Waals surface area contributed by atoms with Crippen molar-refractivity contribution >= 4 is 5.97 Å². The van der Waals surface area contributed by atoms with Gasteiger partial charge in [0.05, 0.1) is 11.5 Å². The molecule has 0 amide bonds. The average molecular weight is 234 g/mol. The van der Waals surface area contributed by atoms with Gasteiger partial charge in [-0.1, -0.05) is 6.07 Å². The number of aromatic hydroxyl groups is 1. The van der Waals surface area contributed by atoms with E-state index in [0.717, 1.165) is 12.1 Å². The molecule has 2 N–H and O–H groups in total. The van der Waals surface area contributed by atoms with Crippen molar-refractivity contribution in [3.63, 3.8) is 0 Å². The Labute approximate surface area is 89.1 Å². The Morgan fingerprint density at radius 3 is 2.31 bits per heavy atom. The Hall–Kier alpha value is -1.72. The van der Waals surface area contributed by atoms with Crippen molar-refractivity contribution in [2.45, 2.75) is 19.0 Å². The first kappa shape index (κ1) is 12.4. The SMILES string of the molecule is CC(C(=O)O)c1ccc(C(F)(F)F)cc1O. The smallest absolute Gasteiger partial charge is 0.416 e. The molecule has 1 unspecified atom stereocenters. The van der Waals surface area contributed by atoms with Gasteiger partial charge in [-0.25, -0.2) is 0 Å². The van der Waals surface area contributed by atoms with Gasteiger partial charge >= 0.3 is 12.1 Å². The van der Waals surface area contributed by atoms with Gasteiger partial charge < -0.3 is 10.2 Å². The third-order valence-corrected chi connectivity index (χ3v) is 2.19. The van der Waals surface area contributed by atoms with Crippen LogP contribution in [0.5, 0.6) is 5.75 Å². The number of carboxylic acids is 1. The van der Waals surface area contributed by atoms with Crippen molar-refractivity contribution in [1.82, 2.24) is 0 Å². The summed E-state index contributed by atoms with van der Waals surface area (Å²) in [5, 5.41) is 18.0. The molecule has 0 aliphatic heterocycles. The van der Waals surface area contributed by atoms with Crippen LogP contribution in [0, 0.1) is 0 Å². The van der Waals surface area contributed by atoms with Gasteiger partial charge in [0.15, 0.2) is 0 Å². The minimum atomic E-state index is -4.55. The van der Waals surface area contributed by atoms with E-state index in [2.05, 4.69) is 0 Å². The first-order chi connectivity index (χ1) is 7.23. The number of hydrogen-bond donors (Lipinski definition) is 2. The van der Waals surface area contributed by atoms with E-state index in [1.54, 1.807) is 0 Å². The van der Waals surface area contributed by atoms with Crippen molar-refractivity contribution in [3.8, 4) is 5.75 Å². The summed E-state index contributed by atoms with van der Waals surface area (Å²) in [6, 6.07) is 2.24. The van der Waals surface area contributed by atoms with Crippen LogP contribution in [-0.2, 0) is 11.0 Å². The second kappa shape index (κ2) is 4.03. The highest BCUT2D eigenvalue weighted by Gasteiger charge is 2.31. The molecule has 1 aromatic carbocycles. The van der Waals surface area contributed by atoms with E-state index < -0.39 is 29.4 Å². The number of halogens is 3. The number of phenolic OH excluding ortho intramolecular Hbond substituents is 1. The van der Waals surface area contributed by atoms with Crippen LogP contribution in [0.1, 0.15) is 24.0 Å². The lowest BCUT2D eigenvalue weighted by molar-refractivity contribution is -0.138. The third-order valence-electron chi connectivity index (χ3n) is 2.19. The largest absolute Gasteiger partial charge is 0.508 e. The van der Waals surface area contributed by atoms with E-state index in [0.29, 0.717) is 6.07 Å². The van der Waals surface area contributed by atoms with Gasteiger partial charge in [0, 0.05) is 5.56 Å². The molecule has 6 heteroatoms. The predicted octanol–water partition coefficient (Wildman–Crippen LogP) is 2.60. The van der Waals surface area contributed by atoms with E-state index >= 15 is 0 Å². The molecule has 88 valence electrons. The van der Waals surface area contributed by atoms with Crippen molar-refractivity contribution < 1.29 is 28.2 Å². The molecule has 0 fully saturated rings. The topological polar surface area (TPSA) is 57.5 Å². The monoisotopic (exact) mass is 234 g/mol. The van der Waals surface area contributed by atoms with Crippen LogP contribution in [0.4, 0.5) is 13.2 Å². The number of carbonyl (C=O) groups is 1. The molecule has 3 nitrogen and oxygen atoms in total. The van der Waals surface area contributed by atoms with Crippen LogP contribution in [0.25, 0.3) is 0 Å². The highest BCUT2D eigenvalue weighted by molar-refractivity contribution is 5.76. The molecule has 0 heterocycles.